The quantitative estimate of drug-likeness (QED) is 0.354. The highest BCUT2D eigenvalue weighted by atomic mass is 127. The fraction of sp³-hybridized carbons (Fsp3) is 0. The topological polar surface area (TPSA) is 45.5 Å². The molecule has 0 fully saturated rings. The molecule has 0 bridgehead atoms. The lowest BCUT2D eigenvalue weighted by molar-refractivity contribution is 0.321. The van der Waals surface area contributed by atoms with E-state index >= 15 is 0 Å². The van der Waals surface area contributed by atoms with Crippen LogP contribution in [-0.2, 0) is 0 Å². The lowest BCUT2D eigenvalue weighted by atomic mass is 10.4. The average Bonchev–Trinajstić information content (AvgIpc) is 1.94. The number of pyridine rings is 1. The maximum absolute atomic E-state index is 8.17. The zero-order valence-electron chi connectivity index (χ0n) is 5.03. The molecule has 4 heteroatoms. The molecule has 0 aliphatic carbocycles. The van der Waals surface area contributed by atoms with Gasteiger partial charge in [0.15, 0.2) is 0 Å². The number of hydrogen-bond acceptors (Lipinski definition) is 3. The van der Waals surface area contributed by atoms with E-state index in [0.717, 1.165) is 3.57 Å². The molecule has 1 rings (SSSR count). The van der Waals surface area contributed by atoms with Gasteiger partial charge in [0.1, 0.15) is 0 Å². The molecule has 0 radical (unpaired) electrons. The van der Waals surface area contributed by atoms with E-state index in [1.807, 2.05) is 12.1 Å². The molecule has 0 saturated carbocycles. The van der Waals surface area contributed by atoms with Gasteiger partial charge in [-0.2, -0.15) is 0 Å². The molecule has 1 aromatic heterocycles. The van der Waals surface area contributed by atoms with Crippen molar-refractivity contribution in [2.75, 3.05) is 0 Å². The van der Waals surface area contributed by atoms with Crippen LogP contribution in [0.4, 0.5) is 0 Å². The Morgan fingerprint density at radius 2 is 2.50 bits per heavy atom. The van der Waals surface area contributed by atoms with Gasteiger partial charge in [-0.15, -0.1) is 0 Å². The Hall–Kier alpha value is -0.650. The lowest BCUT2D eigenvalue weighted by Gasteiger charge is -1.91. The second-order valence-electron chi connectivity index (χ2n) is 1.62. The number of hydrogen-bond donors (Lipinski definition) is 1. The van der Waals surface area contributed by atoms with Crippen LogP contribution in [0.3, 0.4) is 0 Å². The van der Waals surface area contributed by atoms with Crippen LogP contribution in [0, 0.1) is 3.57 Å². The summed E-state index contributed by atoms with van der Waals surface area (Å²) in [6.45, 7) is 0. The Bertz CT molecular complexity index is 249. The Labute approximate surface area is 71.9 Å². The number of rotatable bonds is 1. The van der Waals surface area contributed by atoms with Crippen molar-refractivity contribution in [1.29, 1.82) is 0 Å². The lowest BCUT2D eigenvalue weighted by Crippen LogP contribution is -1.89. The van der Waals surface area contributed by atoms with Crippen molar-refractivity contribution in [2.45, 2.75) is 0 Å². The Morgan fingerprint density at radius 1 is 1.70 bits per heavy atom. The molecule has 1 N–H and O–H groups in total. The van der Waals surface area contributed by atoms with Crippen LogP contribution in [0.1, 0.15) is 5.69 Å². The van der Waals surface area contributed by atoms with E-state index < -0.39 is 0 Å². The summed E-state index contributed by atoms with van der Waals surface area (Å²) in [5.74, 6) is 0. The predicted octanol–water partition coefficient (Wildman–Crippen LogP) is 1.49. The highest BCUT2D eigenvalue weighted by Crippen LogP contribution is 2.05. The summed E-state index contributed by atoms with van der Waals surface area (Å²) in [5, 5.41) is 11.0. The highest BCUT2D eigenvalue weighted by Gasteiger charge is 1.93. The third-order valence-corrected chi connectivity index (χ3v) is 1.88. The van der Waals surface area contributed by atoms with Crippen LogP contribution < -0.4 is 0 Å². The van der Waals surface area contributed by atoms with Gasteiger partial charge in [-0.05, 0) is 34.7 Å². The first-order chi connectivity index (χ1) is 4.84. The predicted molar refractivity (Wildman–Crippen MR) is 46.3 cm³/mol. The number of aromatic nitrogens is 1. The van der Waals surface area contributed by atoms with Crippen LogP contribution in [0.25, 0.3) is 0 Å². The van der Waals surface area contributed by atoms with Gasteiger partial charge in [-0.1, -0.05) is 5.16 Å². The molecular weight excluding hydrogens is 243 g/mol. The molecule has 0 amide bonds. The molecule has 1 heterocycles. The smallest absolute Gasteiger partial charge is 0.0979 e. The van der Waals surface area contributed by atoms with Gasteiger partial charge < -0.3 is 5.21 Å². The minimum atomic E-state index is 0.686. The van der Waals surface area contributed by atoms with Crippen molar-refractivity contribution < 1.29 is 5.21 Å². The summed E-state index contributed by atoms with van der Waals surface area (Å²) < 4.78 is 0.970. The van der Waals surface area contributed by atoms with Gasteiger partial charge in [0.05, 0.1) is 11.9 Å². The van der Waals surface area contributed by atoms with E-state index in [2.05, 4.69) is 32.7 Å². The van der Waals surface area contributed by atoms with Crippen molar-refractivity contribution in [1.82, 2.24) is 4.98 Å². The van der Waals surface area contributed by atoms with Crippen molar-refractivity contribution >= 4 is 28.8 Å². The fourth-order valence-corrected chi connectivity index (χ4v) is 1.03. The van der Waals surface area contributed by atoms with Crippen LogP contribution >= 0.6 is 22.6 Å². The molecule has 0 aliphatic heterocycles. The van der Waals surface area contributed by atoms with Gasteiger partial charge in [0.25, 0.3) is 0 Å². The molecule has 0 aliphatic rings. The molecule has 10 heavy (non-hydrogen) atoms. The summed E-state index contributed by atoms with van der Waals surface area (Å²) in [7, 11) is 0. The molecule has 1 aromatic rings. The SMILES string of the molecule is O/N=C/c1ncccc1I. The molecule has 0 atom stereocenters. The van der Waals surface area contributed by atoms with Gasteiger partial charge in [0.2, 0.25) is 0 Å². The number of nitrogens with zero attached hydrogens (tertiary/aromatic N) is 2. The van der Waals surface area contributed by atoms with Crippen LogP contribution in [0.2, 0.25) is 0 Å². The zero-order valence-corrected chi connectivity index (χ0v) is 7.19. The summed E-state index contributed by atoms with van der Waals surface area (Å²) in [4.78, 5) is 3.95. The molecule has 52 valence electrons. The van der Waals surface area contributed by atoms with E-state index in [9.17, 15) is 0 Å². The van der Waals surface area contributed by atoms with Gasteiger partial charge >= 0.3 is 0 Å². The standard InChI is InChI=1S/C6H5IN2O/c7-5-2-1-3-8-6(5)4-9-10/h1-4,10H/b9-4+. The van der Waals surface area contributed by atoms with Crippen LogP contribution in [0.15, 0.2) is 23.5 Å². The van der Waals surface area contributed by atoms with Crippen LogP contribution in [-0.4, -0.2) is 16.4 Å². The third-order valence-electron chi connectivity index (χ3n) is 0.967. The summed E-state index contributed by atoms with van der Waals surface area (Å²) in [5.41, 5.74) is 0.686. The van der Waals surface area contributed by atoms with Crippen molar-refractivity contribution in [3.05, 3.63) is 27.6 Å². The van der Waals surface area contributed by atoms with E-state index in [-0.39, 0.29) is 0 Å². The first kappa shape index (κ1) is 7.46. The largest absolute Gasteiger partial charge is 0.411 e. The number of halogens is 1. The van der Waals surface area contributed by atoms with Crippen molar-refractivity contribution in [3.63, 3.8) is 0 Å². The minimum Gasteiger partial charge on any atom is -0.411 e. The zero-order chi connectivity index (χ0) is 7.40. The Kier molecular flexibility index (Phi) is 2.61. The Morgan fingerprint density at radius 3 is 3.10 bits per heavy atom. The molecule has 0 unspecified atom stereocenters. The first-order valence-corrected chi connectivity index (χ1v) is 3.70. The first-order valence-electron chi connectivity index (χ1n) is 2.62. The van der Waals surface area contributed by atoms with Crippen LogP contribution in [0.5, 0.6) is 0 Å². The Balaban J connectivity index is 3.03. The van der Waals surface area contributed by atoms with Crippen molar-refractivity contribution in [2.24, 2.45) is 5.16 Å². The maximum Gasteiger partial charge on any atom is 0.0979 e. The van der Waals surface area contributed by atoms with E-state index in [4.69, 9.17) is 5.21 Å². The average molecular weight is 248 g/mol. The van der Waals surface area contributed by atoms with E-state index in [1.54, 1.807) is 6.20 Å². The highest BCUT2D eigenvalue weighted by molar-refractivity contribution is 14.1. The summed E-state index contributed by atoms with van der Waals surface area (Å²) in [6, 6.07) is 3.72. The maximum atomic E-state index is 8.17. The van der Waals surface area contributed by atoms with E-state index in [1.165, 1.54) is 6.21 Å². The van der Waals surface area contributed by atoms with Gasteiger partial charge in [0, 0.05) is 9.77 Å². The third kappa shape index (κ3) is 1.66. The van der Waals surface area contributed by atoms with Crippen molar-refractivity contribution in [3.8, 4) is 0 Å². The second kappa shape index (κ2) is 3.50. The van der Waals surface area contributed by atoms with Gasteiger partial charge in [-0.3, -0.25) is 4.98 Å². The molecule has 0 saturated heterocycles. The monoisotopic (exact) mass is 248 g/mol. The number of oxime groups is 1. The normalized spacial score (nSPS) is 10.5. The molecule has 3 nitrogen and oxygen atoms in total. The molecule has 0 spiro atoms. The summed E-state index contributed by atoms with van der Waals surface area (Å²) >= 11 is 2.12. The second-order valence-corrected chi connectivity index (χ2v) is 2.78. The van der Waals surface area contributed by atoms with E-state index in [0.29, 0.717) is 5.69 Å². The fourth-order valence-electron chi connectivity index (χ4n) is 0.548. The van der Waals surface area contributed by atoms with Gasteiger partial charge in [-0.25, -0.2) is 0 Å². The summed E-state index contributed by atoms with van der Waals surface area (Å²) in [6.07, 6.45) is 2.96. The molecule has 0 aromatic carbocycles. The molecular formula is C6H5IN2O. The minimum absolute atomic E-state index is 0.686.